The van der Waals surface area contributed by atoms with Crippen LogP contribution >= 0.6 is 0 Å². The highest BCUT2D eigenvalue weighted by Gasteiger charge is 2.11. The summed E-state index contributed by atoms with van der Waals surface area (Å²) in [6, 6.07) is 5.97. The summed E-state index contributed by atoms with van der Waals surface area (Å²) in [5.74, 6) is -1.12. The maximum absolute atomic E-state index is 13.2. The van der Waals surface area contributed by atoms with Crippen molar-refractivity contribution in [2.24, 2.45) is 0 Å². The lowest BCUT2D eigenvalue weighted by Crippen LogP contribution is -2.28. The molecule has 2 amide bonds. The Hall–Kier alpha value is -2.37. The molecule has 0 saturated carbocycles. The van der Waals surface area contributed by atoms with Crippen molar-refractivity contribution in [2.45, 2.75) is 6.54 Å². The van der Waals surface area contributed by atoms with Gasteiger partial charge >= 0.3 is 6.03 Å². The molecule has 1 aromatic heterocycles. The van der Waals surface area contributed by atoms with E-state index in [1.807, 2.05) is 0 Å². The van der Waals surface area contributed by atoms with Gasteiger partial charge in [-0.1, -0.05) is 6.07 Å². The van der Waals surface area contributed by atoms with Crippen LogP contribution in [-0.4, -0.2) is 6.03 Å². The molecular formula is C12H10F2N2O2. The fourth-order valence-electron chi connectivity index (χ4n) is 1.36. The third-order valence-corrected chi connectivity index (χ3v) is 2.20. The Balaban J connectivity index is 1.95. The molecule has 0 unspecified atom stereocenters. The lowest BCUT2D eigenvalue weighted by molar-refractivity contribution is 0.250. The highest BCUT2D eigenvalue weighted by Crippen LogP contribution is 2.17. The number of benzene rings is 1. The van der Waals surface area contributed by atoms with E-state index in [2.05, 4.69) is 10.6 Å². The first-order chi connectivity index (χ1) is 8.66. The Kier molecular flexibility index (Phi) is 3.57. The van der Waals surface area contributed by atoms with E-state index < -0.39 is 23.4 Å². The largest absolute Gasteiger partial charge is 0.467 e. The minimum Gasteiger partial charge on any atom is -0.467 e. The summed E-state index contributed by atoms with van der Waals surface area (Å²) in [6.45, 7) is 0.134. The predicted molar refractivity (Wildman–Crippen MR) is 60.9 cm³/mol. The second kappa shape index (κ2) is 5.31. The van der Waals surface area contributed by atoms with Crippen LogP contribution in [0.15, 0.2) is 41.0 Å². The molecule has 4 nitrogen and oxygen atoms in total. The molecule has 2 aromatic rings. The maximum atomic E-state index is 13.2. The van der Waals surface area contributed by atoms with Crippen molar-refractivity contribution in [1.29, 1.82) is 0 Å². The van der Waals surface area contributed by atoms with E-state index in [1.54, 1.807) is 12.1 Å². The third kappa shape index (κ3) is 2.85. The van der Waals surface area contributed by atoms with E-state index in [-0.39, 0.29) is 6.54 Å². The van der Waals surface area contributed by atoms with Gasteiger partial charge in [-0.3, -0.25) is 0 Å². The average molecular weight is 252 g/mol. The van der Waals surface area contributed by atoms with E-state index in [4.69, 9.17) is 4.42 Å². The molecule has 0 atom stereocenters. The molecule has 0 aliphatic carbocycles. The molecule has 2 rings (SSSR count). The summed E-state index contributed by atoms with van der Waals surface area (Å²) in [5, 5.41) is 4.51. The second-order valence-electron chi connectivity index (χ2n) is 3.48. The molecule has 1 heterocycles. The number of furan rings is 1. The van der Waals surface area contributed by atoms with Crippen LogP contribution in [0.25, 0.3) is 0 Å². The molecule has 18 heavy (non-hydrogen) atoms. The van der Waals surface area contributed by atoms with Crippen LogP contribution in [0.3, 0.4) is 0 Å². The van der Waals surface area contributed by atoms with Crippen LogP contribution in [0.2, 0.25) is 0 Å². The SMILES string of the molecule is O=C(NCc1ccco1)Nc1c(F)cccc1F. The van der Waals surface area contributed by atoms with Gasteiger partial charge in [-0.15, -0.1) is 0 Å². The Bertz CT molecular complexity index is 521. The standard InChI is InChI=1S/C12H10F2N2O2/c13-9-4-1-5-10(14)11(9)16-12(17)15-7-8-3-2-6-18-8/h1-6H,7H2,(H2,15,16,17). The highest BCUT2D eigenvalue weighted by atomic mass is 19.1. The van der Waals surface area contributed by atoms with Crippen molar-refractivity contribution in [3.8, 4) is 0 Å². The molecule has 94 valence electrons. The van der Waals surface area contributed by atoms with Crippen LogP contribution < -0.4 is 10.6 Å². The molecule has 1 aromatic carbocycles. The molecule has 0 aliphatic rings. The summed E-state index contributed by atoms with van der Waals surface area (Å²) in [7, 11) is 0. The number of hydrogen-bond donors (Lipinski definition) is 2. The van der Waals surface area contributed by atoms with Crippen LogP contribution in [-0.2, 0) is 6.54 Å². The quantitative estimate of drug-likeness (QED) is 0.882. The monoisotopic (exact) mass is 252 g/mol. The Morgan fingerprint density at radius 1 is 1.17 bits per heavy atom. The van der Waals surface area contributed by atoms with Gasteiger partial charge in [0.1, 0.15) is 23.1 Å². The first kappa shape index (κ1) is 12.1. The number of rotatable bonds is 3. The van der Waals surface area contributed by atoms with Crippen molar-refractivity contribution in [3.63, 3.8) is 0 Å². The number of hydrogen-bond acceptors (Lipinski definition) is 2. The fraction of sp³-hybridized carbons (Fsp3) is 0.0833. The van der Waals surface area contributed by atoms with E-state index >= 15 is 0 Å². The normalized spacial score (nSPS) is 10.1. The van der Waals surface area contributed by atoms with Gasteiger partial charge in [-0.25, -0.2) is 13.6 Å². The van der Waals surface area contributed by atoms with Crippen LogP contribution in [0, 0.1) is 11.6 Å². The Morgan fingerprint density at radius 3 is 2.50 bits per heavy atom. The van der Waals surface area contributed by atoms with Gasteiger partial charge in [-0.2, -0.15) is 0 Å². The second-order valence-corrected chi connectivity index (χ2v) is 3.48. The Labute approximate surface area is 102 Å². The molecule has 0 saturated heterocycles. The number of carbonyl (C=O) groups excluding carboxylic acids is 1. The smallest absolute Gasteiger partial charge is 0.319 e. The lowest BCUT2D eigenvalue weighted by Gasteiger charge is -2.08. The number of para-hydroxylation sites is 1. The molecular weight excluding hydrogens is 242 g/mol. The molecule has 2 N–H and O–H groups in total. The molecule has 0 bridgehead atoms. The molecule has 0 spiro atoms. The van der Waals surface area contributed by atoms with Gasteiger partial charge < -0.3 is 15.1 Å². The van der Waals surface area contributed by atoms with Crippen LogP contribution in [0.1, 0.15) is 5.76 Å². The average Bonchev–Trinajstić information content (AvgIpc) is 2.84. The van der Waals surface area contributed by atoms with Crippen molar-refractivity contribution >= 4 is 11.7 Å². The third-order valence-electron chi connectivity index (χ3n) is 2.20. The van der Waals surface area contributed by atoms with Gasteiger partial charge in [0.2, 0.25) is 0 Å². The van der Waals surface area contributed by atoms with Gasteiger partial charge in [0.25, 0.3) is 0 Å². The number of nitrogens with one attached hydrogen (secondary N) is 2. The number of anilines is 1. The van der Waals surface area contributed by atoms with Gasteiger partial charge in [-0.05, 0) is 24.3 Å². The number of halogens is 2. The van der Waals surface area contributed by atoms with Crippen LogP contribution in [0.5, 0.6) is 0 Å². The zero-order chi connectivity index (χ0) is 13.0. The molecule has 0 fully saturated rings. The minimum absolute atomic E-state index is 0.134. The maximum Gasteiger partial charge on any atom is 0.319 e. The number of carbonyl (C=O) groups is 1. The predicted octanol–water partition coefficient (Wildman–Crippen LogP) is 2.88. The van der Waals surface area contributed by atoms with Gasteiger partial charge in [0, 0.05) is 0 Å². The van der Waals surface area contributed by atoms with E-state index in [0.29, 0.717) is 5.76 Å². The number of urea groups is 1. The molecule has 0 radical (unpaired) electrons. The van der Waals surface area contributed by atoms with Crippen LogP contribution in [0.4, 0.5) is 19.3 Å². The van der Waals surface area contributed by atoms with E-state index in [0.717, 1.165) is 12.1 Å². The van der Waals surface area contributed by atoms with Gasteiger partial charge in [0.15, 0.2) is 0 Å². The molecule has 6 heteroatoms. The number of amides is 2. The first-order valence-electron chi connectivity index (χ1n) is 5.18. The summed E-state index contributed by atoms with van der Waals surface area (Å²) >= 11 is 0. The van der Waals surface area contributed by atoms with Crippen molar-refractivity contribution < 1.29 is 18.0 Å². The molecule has 0 aliphatic heterocycles. The van der Waals surface area contributed by atoms with Crippen molar-refractivity contribution in [1.82, 2.24) is 5.32 Å². The minimum atomic E-state index is -0.830. The lowest BCUT2D eigenvalue weighted by atomic mass is 10.3. The van der Waals surface area contributed by atoms with Crippen molar-refractivity contribution in [2.75, 3.05) is 5.32 Å². The summed E-state index contributed by atoms with van der Waals surface area (Å²) in [5.41, 5.74) is -0.477. The Morgan fingerprint density at radius 2 is 1.89 bits per heavy atom. The summed E-state index contributed by atoms with van der Waals surface area (Å²) in [6.07, 6.45) is 1.46. The van der Waals surface area contributed by atoms with E-state index in [9.17, 15) is 13.6 Å². The zero-order valence-corrected chi connectivity index (χ0v) is 9.24. The zero-order valence-electron chi connectivity index (χ0n) is 9.24. The van der Waals surface area contributed by atoms with E-state index in [1.165, 1.54) is 12.3 Å². The summed E-state index contributed by atoms with van der Waals surface area (Å²) in [4.78, 5) is 11.4. The topological polar surface area (TPSA) is 54.3 Å². The van der Waals surface area contributed by atoms with Crippen molar-refractivity contribution in [3.05, 3.63) is 54.0 Å². The highest BCUT2D eigenvalue weighted by molar-refractivity contribution is 5.89. The summed E-state index contributed by atoms with van der Waals surface area (Å²) < 4.78 is 31.4. The first-order valence-corrected chi connectivity index (χ1v) is 5.18. The van der Waals surface area contributed by atoms with Gasteiger partial charge in [0.05, 0.1) is 12.8 Å². The fourth-order valence-corrected chi connectivity index (χ4v) is 1.36.